The summed E-state index contributed by atoms with van der Waals surface area (Å²) >= 11 is 13.7. The first kappa shape index (κ1) is 28.2. The highest BCUT2D eigenvalue weighted by atomic mass is 35.5. The molecule has 1 heterocycles. The number of ether oxygens (including phenoxy) is 3. The summed E-state index contributed by atoms with van der Waals surface area (Å²) in [5, 5.41) is 15.8. The number of halogens is 2. The van der Waals surface area contributed by atoms with Crippen LogP contribution in [0.25, 0.3) is 0 Å². The van der Waals surface area contributed by atoms with Crippen molar-refractivity contribution >= 4 is 58.4 Å². The van der Waals surface area contributed by atoms with E-state index in [1.54, 1.807) is 31.2 Å². The summed E-state index contributed by atoms with van der Waals surface area (Å²) in [7, 11) is 2.69. The molecule has 0 aromatic heterocycles. The number of rotatable bonds is 9. The number of nitrogens with one attached hydrogen (secondary N) is 2. The summed E-state index contributed by atoms with van der Waals surface area (Å²) in [6.07, 6.45) is 0. The topological polar surface area (TPSA) is 127 Å². The SMILES string of the molecule is CCOc1c(Cl)cc([C@H]2C(C#N)=C(SCC(=O)Nc3ccc(OC)cc3)NC(=O)[C@@H]2C(=O)OC)cc1Cl. The van der Waals surface area contributed by atoms with E-state index < -0.39 is 23.7 Å². The van der Waals surface area contributed by atoms with Crippen molar-refractivity contribution in [2.75, 3.05) is 31.9 Å². The highest BCUT2D eigenvalue weighted by Gasteiger charge is 2.44. The Hall–Kier alpha value is -3.39. The van der Waals surface area contributed by atoms with Gasteiger partial charge in [0.2, 0.25) is 11.8 Å². The van der Waals surface area contributed by atoms with Gasteiger partial charge in [-0.3, -0.25) is 14.4 Å². The Morgan fingerprint density at radius 3 is 2.35 bits per heavy atom. The Balaban J connectivity index is 1.93. The first-order chi connectivity index (χ1) is 17.7. The Morgan fingerprint density at radius 1 is 1.16 bits per heavy atom. The van der Waals surface area contributed by atoms with Crippen LogP contribution >= 0.6 is 35.0 Å². The molecule has 0 spiro atoms. The zero-order valence-corrected chi connectivity index (χ0v) is 22.4. The fourth-order valence-electron chi connectivity index (χ4n) is 3.73. The lowest BCUT2D eigenvalue weighted by atomic mass is 9.78. The molecule has 0 unspecified atom stereocenters. The van der Waals surface area contributed by atoms with Crippen molar-refractivity contribution in [1.82, 2.24) is 5.32 Å². The Kier molecular flexibility index (Phi) is 9.69. The molecule has 3 rings (SSSR count). The number of nitrogens with zero attached hydrogens (tertiary/aromatic N) is 1. The largest absolute Gasteiger partial charge is 0.497 e. The van der Waals surface area contributed by atoms with Crippen LogP contribution in [0.4, 0.5) is 5.69 Å². The maximum Gasteiger partial charge on any atom is 0.319 e. The molecule has 2 amide bonds. The smallest absolute Gasteiger partial charge is 0.319 e. The van der Waals surface area contributed by atoms with Gasteiger partial charge in [0.25, 0.3) is 0 Å². The van der Waals surface area contributed by atoms with Crippen molar-refractivity contribution in [3.63, 3.8) is 0 Å². The third-order valence-electron chi connectivity index (χ3n) is 5.37. The van der Waals surface area contributed by atoms with Gasteiger partial charge >= 0.3 is 5.97 Å². The Morgan fingerprint density at radius 2 is 1.81 bits per heavy atom. The van der Waals surface area contributed by atoms with E-state index in [4.69, 9.17) is 37.4 Å². The molecule has 12 heteroatoms. The maximum atomic E-state index is 13.0. The number of carbonyl (C=O) groups is 3. The molecule has 37 heavy (non-hydrogen) atoms. The van der Waals surface area contributed by atoms with E-state index in [0.29, 0.717) is 23.6 Å². The second-order valence-electron chi connectivity index (χ2n) is 7.63. The van der Waals surface area contributed by atoms with Crippen molar-refractivity contribution < 1.29 is 28.6 Å². The molecule has 1 aliphatic heterocycles. The molecule has 2 aromatic carbocycles. The minimum Gasteiger partial charge on any atom is -0.497 e. The molecule has 0 aliphatic carbocycles. The third kappa shape index (κ3) is 6.49. The monoisotopic (exact) mass is 563 g/mol. The molecule has 0 bridgehead atoms. The van der Waals surface area contributed by atoms with Crippen LogP contribution in [0.2, 0.25) is 10.0 Å². The van der Waals surface area contributed by atoms with Crippen LogP contribution in [0.3, 0.4) is 0 Å². The van der Waals surface area contributed by atoms with Crippen LogP contribution in [0.5, 0.6) is 11.5 Å². The van der Waals surface area contributed by atoms with E-state index in [-0.39, 0.29) is 38.1 Å². The number of hydrogen-bond donors (Lipinski definition) is 2. The van der Waals surface area contributed by atoms with E-state index in [2.05, 4.69) is 16.7 Å². The second-order valence-corrected chi connectivity index (χ2v) is 9.43. The van der Waals surface area contributed by atoms with E-state index in [1.807, 2.05) is 0 Å². The summed E-state index contributed by atoms with van der Waals surface area (Å²) in [6, 6.07) is 11.8. The molecule has 1 aliphatic rings. The Bertz CT molecular complexity index is 1250. The number of amides is 2. The van der Waals surface area contributed by atoms with Crippen LogP contribution in [0.1, 0.15) is 18.4 Å². The lowest BCUT2D eigenvalue weighted by molar-refractivity contribution is -0.150. The summed E-state index contributed by atoms with van der Waals surface area (Å²) in [5.41, 5.74) is 0.963. The van der Waals surface area contributed by atoms with Gasteiger partial charge in [-0.05, 0) is 48.9 Å². The van der Waals surface area contributed by atoms with E-state index >= 15 is 0 Å². The molecular weight excluding hydrogens is 541 g/mol. The lowest BCUT2D eigenvalue weighted by Crippen LogP contribution is -2.44. The van der Waals surface area contributed by atoms with Crippen LogP contribution in [0, 0.1) is 17.2 Å². The molecule has 2 N–H and O–H groups in total. The van der Waals surface area contributed by atoms with Gasteiger partial charge in [-0.15, -0.1) is 0 Å². The van der Waals surface area contributed by atoms with Gasteiger partial charge in [-0.1, -0.05) is 35.0 Å². The standard InChI is InChI=1S/C25H23Cl2N3O6S/c1-4-36-22-17(26)9-13(10-18(22)27)20-16(11-28)24(30-23(32)21(20)25(33)35-3)37-12-19(31)29-14-5-7-15(34-2)8-6-14/h5-10,20-21H,4,12H2,1-3H3,(H,29,31)(H,30,32)/t20-,21+/m0/s1. The van der Waals surface area contributed by atoms with E-state index in [1.165, 1.54) is 19.2 Å². The summed E-state index contributed by atoms with van der Waals surface area (Å²) in [6.45, 7) is 2.09. The molecule has 0 fully saturated rings. The zero-order chi connectivity index (χ0) is 27.1. The van der Waals surface area contributed by atoms with Crippen LogP contribution in [-0.4, -0.2) is 44.4 Å². The number of methoxy groups -OCH3 is 2. The molecular formula is C25H23Cl2N3O6S. The van der Waals surface area contributed by atoms with Gasteiger partial charge in [0.05, 0.1) is 53.3 Å². The fourth-order valence-corrected chi connectivity index (χ4v) is 5.19. The first-order valence-electron chi connectivity index (χ1n) is 10.9. The number of anilines is 1. The average molecular weight is 564 g/mol. The van der Waals surface area contributed by atoms with Crippen LogP contribution in [-0.2, 0) is 19.1 Å². The maximum absolute atomic E-state index is 13.0. The van der Waals surface area contributed by atoms with Gasteiger partial charge in [0, 0.05) is 11.6 Å². The average Bonchev–Trinajstić information content (AvgIpc) is 2.89. The van der Waals surface area contributed by atoms with Crippen molar-refractivity contribution in [3.8, 4) is 17.6 Å². The number of carbonyl (C=O) groups excluding carboxylic acids is 3. The highest BCUT2D eigenvalue weighted by Crippen LogP contribution is 2.44. The normalized spacial score (nSPS) is 16.9. The molecule has 0 saturated carbocycles. The molecule has 9 nitrogen and oxygen atoms in total. The molecule has 194 valence electrons. The number of allylic oxidation sites excluding steroid dienone is 1. The van der Waals surface area contributed by atoms with Crippen molar-refractivity contribution in [3.05, 3.63) is 62.6 Å². The minimum atomic E-state index is -1.37. The number of nitriles is 1. The van der Waals surface area contributed by atoms with Crippen molar-refractivity contribution in [2.45, 2.75) is 12.8 Å². The molecule has 2 aromatic rings. The number of hydrogen-bond acceptors (Lipinski definition) is 8. The lowest BCUT2D eigenvalue weighted by Gasteiger charge is -2.31. The fraction of sp³-hybridized carbons (Fsp3) is 0.280. The Labute approximate surface area is 228 Å². The number of benzene rings is 2. The van der Waals surface area contributed by atoms with Gasteiger partial charge in [-0.2, -0.15) is 5.26 Å². The van der Waals surface area contributed by atoms with Gasteiger partial charge < -0.3 is 24.8 Å². The number of esters is 1. The van der Waals surface area contributed by atoms with Crippen molar-refractivity contribution in [1.29, 1.82) is 5.26 Å². The summed E-state index contributed by atoms with van der Waals surface area (Å²) < 4.78 is 15.4. The summed E-state index contributed by atoms with van der Waals surface area (Å²) in [4.78, 5) is 38.2. The minimum absolute atomic E-state index is 0.0635. The second kappa shape index (κ2) is 12.7. The summed E-state index contributed by atoms with van der Waals surface area (Å²) in [5.74, 6) is -3.54. The van der Waals surface area contributed by atoms with E-state index in [0.717, 1.165) is 18.9 Å². The number of thioether (sulfide) groups is 1. The van der Waals surface area contributed by atoms with Crippen LogP contribution in [0.15, 0.2) is 47.0 Å². The van der Waals surface area contributed by atoms with Gasteiger partial charge in [0.1, 0.15) is 11.7 Å². The van der Waals surface area contributed by atoms with Crippen LogP contribution < -0.4 is 20.1 Å². The van der Waals surface area contributed by atoms with E-state index in [9.17, 15) is 19.6 Å². The van der Waals surface area contributed by atoms with Crippen molar-refractivity contribution in [2.24, 2.45) is 5.92 Å². The van der Waals surface area contributed by atoms with Gasteiger partial charge in [-0.25, -0.2) is 0 Å². The molecule has 0 saturated heterocycles. The quantitative estimate of drug-likeness (QED) is 0.337. The highest BCUT2D eigenvalue weighted by molar-refractivity contribution is 8.03. The molecule has 2 atom stereocenters. The first-order valence-corrected chi connectivity index (χ1v) is 12.7. The predicted octanol–water partition coefficient (Wildman–Crippen LogP) is 4.51. The zero-order valence-electron chi connectivity index (χ0n) is 20.1. The predicted molar refractivity (Wildman–Crippen MR) is 141 cm³/mol. The third-order valence-corrected chi connectivity index (χ3v) is 6.95. The van der Waals surface area contributed by atoms with Gasteiger partial charge in [0.15, 0.2) is 5.75 Å². The molecule has 0 radical (unpaired) electrons.